The van der Waals surface area contributed by atoms with Crippen molar-refractivity contribution < 1.29 is 14.7 Å². The van der Waals surface area contributed by atoms with E-state index in [4.69, 9.17) is 9.94 Å². The molecule has 4 heteroatoms. The Hall–Kier alpha value is -1.84. The van der Waals surface area contributed by atoms with Crippen LogP contribution in [0.4, 0.5) is 0 Å². The molecule has 0 unspecified atom stereocenters. The lowest BCUT2D eigenvalue weighted by molar-refractivity contribution is 0.106. The van der Waals surface area contributed by atoms with Crippen molar-refractivity contribution in [1.82, 2.24) is 0 Å². The number of ketones is 1. The molecular formula is C10H9NO3. The van der Waals surface area contributed by atoms with Crippen LogP contribution < -0.4 is 4.74 Å². The summed E-state index contributed by atoms with van der Waals surface area (Å²) in [5, 5.41) is 11.6. The lowest BCUT2D eigenvalue weighted by Crippen LogP contribution is -2.13. The third kappa shape index (κ3) is 1.35. The molecule has 0 amide bonds. The Balaban J connectivity index is 2.50. The highest BCUT2D eigenvalue weighted by Crippen LogP contribution is 2.22. The highest BCUT2D eigenvalue weighted by atomic mass is 16.5. The second kappa shape index (κ2) is 3.49. The van der Waals surface area contributed by atoms with E-state index in [9.17, 15) is 4.79 Å². The molecular weight excluding hydrogens is 182 g/mol. The van der Waals surface area contributed by atoms with E-state index in [0.717, 1.165) is 0 Å². The van der Waals surface area contributed by atoms with Crippen LogP contribution in [0, 0.1) is 0 Å². The van der Waals surface area contributed by atoms with Gasteiger partial charge in [-0.2, -0.15) is 0 Å². The number of nitrogens with zero attached hydrogens (tertiary/aromatic N) is 1. The van der Waals surface area contributed by atoms with Gasteiger partial charge in [0.15, 0.2) is 0 Å². The van der Waals surface area contributed by atoms with Crippen LogP contribution in [0.15, 0.2) is 29.4 Å². The first kappa shape index (κ1) is 8.74. The number of oxime groups is 1. The van der Waals surface area contributed by atoms with Gasteiger partial charge in [-0.3, -0.25) is 4.79 Å². The molecule has 0 fully saturated rings. The number of carbonyl (C=O) groups excluding carboxylic acids is 1. The van der Waals surface area contributed by atoms with Gasteiger partial charge in [-0.05, 0) is 12.1 Å². The number of rotatable bonds is 0. The fraction of sp³-hybridized carbons (Fsp3) is 0.200. The summed E-state index contributed by atoms with van der Waals surface area (Å²) in [7, 11) is 0. The fourth-order valence-electron chi connectivity index (χ4n) is 1.40. The Kier molecular flexibility index (Phi) is 2.18. The molecule has 0 aromatic heterocycles. The van der Waals surface area contributed by atoms with Crippen LogP contribution in [0.2, 0.25) is 0 Å². The lowest BCUT2D eigenvalue weighted by Gasteiger charge is -2.03. The highest BCUT2D eigenvalue weighted by Gasteiger charge is 2.22. The first-order chi connectivity index (χ1) is 6.83. The van der Waals surface area contributed by atoms with E-state index < -0.39 is 0 Å². The summed E-state index contributed by atoms with van der Waals surface area (Å²) in [5.74, 6) is 0.289. The van der Waals surface area contributed by atoms with Gasteiger partial charge < -0.3 is 9.94 Å². The van der Waals surface area contributed by atoms with Crippen molar-refractivity contribution in [2.45, 2.75) is 6.42 Å². The van der Waals surface area contributed by atoms with Crippen LogP contribution in [0.5, 0.6) is 5.75 Å². The SMILES string of the molecule is O=C1/C(=N/O)CCOc2ccccc21. The summed E-state index contributed by atoms with van der Waals surface area (Å²) in [4.78, 5) is 11.7. The Labute approximate surface area is 80.8 Å². The number of carbonyl (C=O) groups is 1. The Morgan fingerprint density at radius 2 is 2.14 bits per heavy atom. The molecule has 1 aromatic carbocycles. The van der Waals surface area contributed by atoms with Crippen LogP contribution in [-0.4, -0.2) is 23.3 Å². The summed E-state index contributed by atoms with van der Waals surface area (Å²) in [6.45, 7) is 0.363. The van der Waals surface area contributed by atoms with Crippen molar-refractivity contribution in [2.75, 3.05) is 6.61 Å². The van der Waals surface area contributed by atoms with Crippen molar-refractivity contribution in [3.05, 3.63) is 29.8 Å². The number of fused-ring (bicyclic) bond motifs is 1. The number of ether oxygens (including phenoxy) is 1. The maximum Gasteiger partial charge on any atom is 0.214 e. The number of Topliss-reactive ketones (excluding diaryl/α,β-unsaturated/α-hetero) is 1. The molecule has 0 aliphatic carbocycles. The molecule has 1 aromatic rings. The topological polar surface area (TPSA) is 58.9 Å². The van der Waals surface area contributed by atoms with Gasteiger partial charge in [0, 0.05) is 6.42 Å². The largest absolute Gasteiger partial charge is 0.492 e. The average molecular weight is 191 g/mol. The minimum absolute atomic E-state index is 0.148. The minimum Gasteiger partial charge on any atom is -0.492 e. The molecule has 0 saturated carbocycles. The summed E-state index contributed by atoms with van der Waals surface area (Å²) in [5.41, 5.74) is 0.604. The van der Waals surface area contributed by atoms with Gasteiger partial charge in [0.25, 0.3) is 0 Å². The number of para-hydroxylation sites is 1. The molecule has 4 nitrogen and oxygen atoms in total. The van der Waals surface area contributed by atoms with E-state index >= 15 is 0 Å². The molecule has 1 heterocycles. The maximum absolute atomic E-state index is 11.7. The zero-order chi connectivity index (χ0) is 9.97. The van der Waals surface area contributed by atoms with E-state index in [1.165, 1.54) is 0 Å². The molecule has 1 N–H and O–H groups in total. The summed E-state index contributed by atoms with van der Waals surface area (Å²) in [6.07, 6.45) is 0.337. The van der Waals surface area contributed by atoms with Crippen LogP contribution in [0.25, 0.3) is 0 Å². The van der Waals surface area contributed by atoms with E-state index in [1.807, 2.05) is 0 Å². The minimum atomic E-state index is -0.263. The van der Waals surface area contributed by atoms with Crippen LogP contribution in [0.1, 0.15) is 16.8 Å². The molecule has 14 heavy (non-hydrogen) atoms. The van der Waals surface area contributed by atoms with Crippen LogP contribution in [-0.2, 0) is 0 Å². The van der Waals surface area contributed by atoms with Crippen LogP contribution in [0.3, 0.4) is 0 Å². The van der Waals surface area contributed by atoms with Gasteiger partial charge >= 0.3 is 0 Å². The normalized spacial score (nSPS) is 18.6. The van der Waals surface area contributed by atoms with E-state index in [0.29, 0.717) is 24.3 Å². The Morgan fingerprint density at radius 1 is 1.36 bits per heavy atom. The molecule has 0 bridgehead atoms. The summed E-state index contributed by atoms with van der Waals surface area (Å²) >= 11 is 0. The first-order valence-corrected chi connectivity index (χ1v) is 4.30. The van der Waals surface area contributed by atoms with Gasteiger partial charge in [0.2, 0.25) is 5.78 Å². The van der Waals surface area contributed by atoms with Gasteiger partial charge in [-0.15, -0.1) is 0 Å². The van der Waals surface area contributed by atoms with Crippen molar-refractivity contribution in [1.29, 1.82) is 0 Å². The standard InChI is InChI=1S/C10H9NO3/c12-10-7-3-1-2-4-9(7)14-6-5-8(10)11-13/h1-4,13H,5-6H2/b11-8+. The molecule has 0 atom stereocenters. The predicted octanol–water partition coefficient (Wildman–Crippen LogP) is 1.48. The third-order valence-corrected chi connectivity index (χ3v) is 2.11. The molecule has 2 rings (SSSR count). The van der Waals surface area contributed by atoms with Gasteiger partial charge in [-0.25, -0.2) is 0 Å². The first-order valence-electron chi connectivity index (χ1n) is 4.30. The predicted molar refractivity (Wildman–Crippen MR) is 50.1 cm³/mol. The monoisotopic (exact) mass is 191 g/mol. The zero-order valence-corrected chi connectivity index (χ0v) is 7.43. The molecule has 1 aliphatic heterocycles. The molecule has 0 saturated heterocycles. The van der Waals surface area contributed by atoms with E-state index in [1.54, 1.807) is 24.3 Å². The number of hydrogen-bond acceptors (Lipinski definition) is 4. The van der Waals surface area contributed by atoms with Gasteiger partial charge in [0.05, 0.1) is 12.2 Å². The zero-order valence-electron chi connectivity index (χ0n) is 7.43. The molecule has 1 aliphatic rings. The molecule has 0 spiro atoms. The second-order valence-corrected chi connectivity index (χ2v) is 2.97. The maximum atomic E-state index is 11.7. The Bertz CT molecular complexity index is 398. The molecule has 72 valence electrons. The Morgan fingerprint density at radius 3 is 2.93 bits per heavy atom. The molecule has 0 radical (unpaired) electrons. The van der Waals surface area contributed by atoms with Gasteiger partial charge in [-0.1, -0.05) is 17.3 Å². The average Bonchev–Trinajstić information content (AvgIpc) is 2.39. The lowest BCUT2D eigenvalue weighted by atomic mass is 10.1. The van der Waals surface area contributed by atoms with E-state index in [2.05, 4.69) is 5.16 Å². The smallest absolute Gasteiger partial charge is 0.214 e. The quantitative estimate of drug-likeness (QED) is 0.499. The van der Waals surface area contributed by atoms with Crippen molar-refractivity contribution in [3.8, 4) is 5.75 Å². The fourth-order valence-corrected chi connectivity index (χ4v) is 1.40. The van der Waals surface area contributed by atoms with E-state index in [-0.39, 0.29) is 11.5 Å². The summed E-state index contributed by atoms with van der Waals surface area (Å²) in [6, 6.07) is 6.94. The van der Waals surface area contributed by atoms with Crippen molar-refractivity contribution in [2.24, 2.45) is 5.16 Å². The summed E-state index contributed by atoms with van der Waals surface area (Å²) < 4.78 is 5.34. The van der Waals surface area contributed by atoms with Crippen molar-refractivity contribution in [3.63, 3.8) is 0 Å². The highest BCUT2D eigenvalue weighted by molar-refractivity contribution is 6.46. The number of benzene rings is 1. The van der Waals surface area contributed by atoms with Crippen LogP contribution >= 0.6 is 0 Å². The van der Waals surface area contributed by atoms with Crippen molar-refractivity contribution >= 4 is 11.5 Å². The second-order valence-electron chi connectivity index (χ2n) is 2.97. The third-order valence-electron chi connectivity index (χ3n) is 2.11. The number of hydrogen-bond donors (Lipinski definition) is 1. The van der Waals surface area contributed by atoms with Gasteiger partial charge in [0.1, 0.15) is 11.5 Å².